The number of rotatable bonds is 6. The minimum atomic E-state index is -0.311. The van der Waals surface area contributed by atoms with E-state index in [2.05, 4.69) is 27.0 Å². The van der Waals surface area contributed by atoms with Crippen LogP contribution in [0.2, 0.25) is 0 Å². The van der Waals surface area contributed by atoms with Gasteiger partial charge in [0.1, 0.15) is 12.2 Å². The van der Waals surface area contributed by atoms with Gasteiger partial charge in [-0.3, -0.25) is 4.79 Å². The fourth-order valence-corrected chi connectivity index (χ4v) is 2.19. The van der Waals surface area contributed by atoms with Gasteiger partial charge in [0.15, 0.2) is 11.5 Å². The Kier molecular flexibility index (Phi) is 4.13. The average molecular weight is 299 g/mol. The third-order valence-corrected chi connectivity index (χ3v) is 3.27. The van der Waals surface area contributed by atoms with Gasteiger partial charge in [-0.25, -0.2) is 14.6 Å². The maximum Gasteiger partial charge on any atom is 0.327 e. The number of H-pyrrole nitrogens is 1. The molecule has 0 aliphatic carbocycles. The molecule has 3 heterocycles. The number of carbonyl (C=O) groups is 1. The molecule has 1 N–H and O–H groups in total. The first kappa shape index (κ1) is 14.2. The number of unbranched alkanes of at least 4 members (excludes halogenated alkanes) is 1. The van der Waals surface area contributed by atoms with Crippen molar-refractivity contribution < 1.29 is 9.53 Å². The largest absolute Gasteiger partial charge is 0.464 e. The number of ether oxygens (including phenoxy) is 1. The molecule has 0 unspecified atom stereocenters. The number of hydrogen-bond donors (Lipinski definition) is 1. The quantitative estimate of drug-likeness (QED) is 0.557. The van der Waals surface area contributed by atoms with Crippen LogP contribution < -0.4 is 0 Å². The van der Waals surface area contributed by atoms with Gasteiger partial charge in [0.05, 0.1) is 12.0 Å². The normalized spacial score (nSPS) is 11.0. The van der Waals surface area contributed by atoms with Crippen LogP contribution >= 0.6 is 0 Å². The van der Waals surface area contributed by atoms with Crippen LogP contribution in [0.5, 0.6) is 0 Å². The van der Waals surface area contributed by atoms with Crippen LogP contribution in [0, 0.1) is 0 Å². The topological polar surface area (TPSA) is 85.7 Å². The van der Waals surface area contributed by atoms with E-state index in [9.17, 15) is 4.79 Å². The lowest BCUT2D eigenvalue weighted by Crippen LogP contribution is -2.15. The number of nitrogens with one attached hydrogen (secondary N) is 1. The Labute approximate surface area is 127 Å². The summed E-state index contributed by atoms with van der Waals surface area (Å²) in [4.78, 5) is 23.4. The van der Waals surface area contributed by atoms with Crippen molar-refractivity contribution in [3.63, 3.8) is 0 Å². The van der Waals surface area contributed by atoms with E-state index in [-0.39, 0.29) is 12.5 Å². The molecular formula is C15H17N5O2. The molecule has 0 saturated heterocycles. The highest BCUT2D eigenvalue weighted by Gasteiger charge is 2.16. The van der Waals surface area contributed by atoms with Crippen molar-refractivity contribution in [2.24, 2.45) is 0 Å². The molecule has 3 aromatic rings. The number of carbonyl (C=O) groups excluding carboxylic acids is 1. The van der Waals surface area contributed by atoms with Gasteiger partial charge in [0.2, 0.25) is 0 Å². The molecule has 0 atom stereocenters. The number of aromatic amines is 1. The first-order valence-corrected chi connectivity index (χ1v) is 7.26. The summed E-state index contributed by atoms with van der Waals surface area (Å²) in [6.07, 6.45) is 6.92. The fraction of sp³-hybridized carbons (Fsp3) is 0.333. The maximum absolute atomic E-state index is 11.9. The van der Waals surface area contributed by atoms with Crippen LogP contribution in [0.15, 0.2) is 30.7 Å². The Hall–Kier alpha value is -2.70. The molecule has 0 spiro atoms. The van der Waals surface area contributed by atoms with Crippen molar-refractivity contribution >= 4 is 17.0 Å². The maximum atomic E-state index is 11.9. The molecule has 3 rings (SSSR count). The molecule has 3 aromatic heterocycles. The van der Waals surface area contributed by atoms with E-state index in [4.69, 9.17) is 4.74 Å². The van der Waals surface area contributed by atoms with Crippen molar-refractivity contribution in [2.45, 2.75) is 26.3 Å². The Bertz CT molecular complexity index is 763. The van der Waals surface area contributed by atoms with Crippen LogP contribution in [0.1, 0.15) is 19.8 Å². The first-order chi connectivity index (χ1) is 10.8. The van der Waals surface area contributed by atoms with E-state index >= 15 is 0 Å². The van der Waals surface area contributed by atoms with Crippen molar-refractivity contribution in [1.82, 2.24) is 24.7 Å². The van der Waals surface area contributed by atoms with Gasteiger partial charge in [0, 0.05) is 18.6 Å². The summed E-state index contributed by atoms with van der Waals surface area (Å²) < 4.78 is 6.74. The average Bonchev–Trinajstić information content (AvgIpc) is 3.16. The summed E-state index contributed by atoms with van der Waals surface area (Å²) in [5.74, 6) is 0.339. The Morgan fingerprint density at radius 2 is 2.27 bits per heavy atom. The van der Waals surface area contributed by atoms with Gasteiger partial charge in [-0.2, -0.15) is 5.10 Å². The molecule has 0 amide bonds. The van der Waals surface area contributed by atoms with E-state index in [1.807, 2.05) is 12.1 Å². The van der Waals surface area contributed by atoms with Gasteiger partial charge < -0.3 is 9.72 Å². The molecule has 7 heteroatoms. The number of aromatic nitrogens is 5. The highest BCUT2D eigenvalue weighted by molar-refractivity contribution is 5.89. The standard InChI is InChI=1S/C15H17N5O2/c1-2-3-9-22-12(21)10-20-15-11(5-4-6-18-15)13(19-20)14-16-7-8-17-14/h4-8H,2-3,9-10H2,1H3,(H,16,17). The zero-order valence-corrected chi connectivity index (χ0v) is 12.3. The number of fused-ring (bicyclic) bond motifs is 1. The van der Waals surface area contributed by atoms with Gasteiger partial charge in [0.25, 0.3) is 0 Å². The van der Waals surface area contributed by atoms with E-state index in [1.54, 1.807) is 23.3 Å². The minimum absolute atomic E-state index is 0.0396. The van der Waals surface area contributed by atoms with E-state index in [0.717, 1.165) is 18.2 Å². The zero-order chi connectivity index (χ0) is 15.4. The number of hydrogen-bond acceptors (Lipinski definition) is 5. The molecule has 0 fully saturated rings. The number of esters is 1. The molecule has 114 valence electrons. The summed E-state index contributed by atoms with van der Waals surface area (Å²) in [5.41, 5.74) is 1.32. The molecule has 0 aliphatic heterocycles. The molecular weight excluding hydrogens is 282 g/mol. The van der Waals surface area contributed by atoms with Gasteiger partial charge in [-0.15, -0.1) is 0 Å². The van der Waals surface area contributed by atoms with Crippen molar-refractivity contribution in [3.8, 4) is 11.5 Å². The summed E-state index contributed by atoms with van der Waals surface area (Å²) in [5, 5.41) is 5.31. The SMILES string of the molecule is CCCCOC(=O)Cn1nc(-c2ncc[nH]2)c2cccnc21. The molecule has 22 heavy (non-hydrogen) atoms. The lowest BCUT2D eigenvalue weighted by atomic mass is 10.2. The third kappa shape index (κ3) is 2.83. The lowest BCUT2D eigenvalue weighted by Gasteiger charge is -2.04. The summed E-state index contributed by atoms with van der Waals surface area (Å²) >= 11 is 0. The Balaban J connectivity index is 1.89. The summed E-state index contributed by atoms with van der Waals surface area (Å²) in [6, 6.07) is 3.74. The van der Waals surface area contributed by atoms with E-state index < -0.39 is 0 Å². The van der Waals surface area contributed by atoms with Crippen molar-refractivity contribution in [1.29, 1.82) is 0 Å². The highest BCUT2D eigenvalue weighted by Crippen LogP contribution is 2.23. The van der Waals surface area contributed by atoms with Crippen LogP contribution in [-0.4, -0.2) is 37.3 Å². The van der Waals surface area contributed by atoms with E-state index in [1.165, 1.54) is 0 Å². The molecule has 0 bridgehead atoms. The van der Waals surface area contributed by atoms with Gasteiger partial charge in [-0.05, 0) is 18.6 Å². The second-order valence-corrected chi connectivity index (χ2v) is 4.89. The molecule has 0 aliphatic rings. The predicted molar refractivity (Wildman–Crippen MR) is 81.0 cm³/mol. The Morgan fingerprint density at radius 3 is 3.05 bits per heavy atom. The molecule has 0 radical (unpaired) electrons. The zero-order valence-electron chi connectivity index (χ0n) is 12.3. The summed E-state index contributed by atoms with van der Waals surface area (Å²) in [7, 11) is 0. The fourth-order valence-electron chi connectivity index (χ4n) is 2.19. The van der Waals surface area contributed by atoms with Crippen LogP contribution in [0.3, 0.4) is 0 Å². The molecule has 7 nitrogen and oxygen atoms in total. The number of nitrogens with zero attached hydrogens (tertiary/aromatic N) is 4. The van der Waals surface area contributed by atoms with Crippen molar-refractivity contribution in [3.05, 3.63) is 30.7 Å². The lowest BCUT2D eigenvalue weighted by molar-refractivity contribution is -0.144. The van der Waals surface area contributed by atoms with Crippen LogP contribution in [-0.2, 0) is 16.1 Å². The molecule has 0 aromatic carbocycles. The van der Waals surface area contributed by atoms with Crippen molar-refractivity contribution in [2.75, 3.05) is 6.61 Å². The van der Waals surface area contributed by atoms with Gasteiger partial charge in [-0.1, -0.05) is 13.3 Å². The third-order valence-electron chi connectivity index (χ3n) is 3.27. The van der Waals surface area contributed by atoms with Crippen LogP contribution in [0.4, 0.5) is 0 Å². The minimum Gasteiger partial charge on any atom is -0.464 e. The van der Waals surface area contributed by atoms with E-state index in [0.29, 0.717) is 23.8 Å². The first-order valence-electron chi connectivity index (χ1n) is 7.26. The van der Waals surface area contributed by atoms with Gasteiger partial charge >= 0.3 is 5.97 Å². The monoisotopic (exact) mass is 299 g/mol. The van der Waals surface area contributed by atoms with Crippen LogP contribution in [0.25, 0.3) is 22.6 Å². The second kappa shape index (κ2) is 6.38. The smallest absolute Gasteiger partial charge is 0.327 e. The predicted octanol–water partition coefficient (Wildman–Crippen LogP) is 2.16. The molecule has 0 saturated carbocycles. The summed E-state index contributed by atoms with van der Waals surface area (Å²) in [6.45, 7) is 2.53. The second-order valence-electron chi connectivity index (χ2n) is 4.89. The highest BCUT2D eigenvalue weighted by atomic mass is 16.5. The Morgan fingerprint density at radius 1 is 1.36 bits per heavy atom. The number of imidazole rings is 1. The number of pyridine rings is 1.